The predicted octanol–water partition coefficient (Wildman–Crippen LogP) is 2.76. The molecule has 0 unspecified atom stereocenters. The molecule has 0 aliphatic carbocycles. The number of likely N-dealkylation sites (N-methyl/N-ethyl adjacent to an activating group) is 1. The molecule has 0 saturated heterocycles. The molecule has 0 aromatic heterocycles. The molecule has 4 nitrogen and oxygen atoms in total. The third-order valence-electron chi connectivity index (χ3n) is 3.33. The van der Waals surface area contributed by atoms with Crippen molar-refractivity contribution in [2.24, 2.45) is 0 Å². The average molecular weight is 264 g/mol. The molecule has 19 heavy (non-hydrogen) atoms. The van der Waals surface area contributed by atoms with Crippen LogP contribution in [0.3, 0.4) is 0 Å². The molecule has 4 heteroatoms. The van der Waals surface area contributed by atoms with Gasteiger partial charge in [-0.15, -0.1) is 0 Å². The molecule has 0 atom stereocenters. The van der Waals surface area contributed by atoms with Crippen LogP contribution >= 0.6 is 0 Å². The Morgan fingerprint density at radius 1 is 1.32 bits per heavy atom. The van der Waals surface area contributed by atoms with Crippen LogP contribution in [0.25, 0.3) is 0 Å². The van der Waals surface area contributed by atoms with Crippen molar-refractivity contribution >= 4 is 11.6 Å². The van der Waals surface area contributed by atoms with Crippen molar-refractivity contribution in [1.29, 1.82) is 0 Å². The molecule has 0 aliphatic heterocycles. The maximum absolute atomic E-state index is 12.1. The first-order valence-corrected chi connectivity index (χ1v) is 6.50. The van der Waals surface area contributed by atoms with E-state index in [2.05, 4.69) is 24.5 Å². The SMILES string of the molecule is CNC(C)(C)C(=O)Nc1ccc(C(C)C)cc1OC. The van der Waals surface area contributed by atoms with Gasteiger partial charge in [-0.25, -0.2) is 0 Å². The third kappa shape index (κ3) is 3.70. The highest BCUT2D eigenvalue weighted by Gasteiger charge is 2.26. The predicted molar refractivity (Wildman–Crippen MR) is 78.9 cm³/mol. The highest BCUT2D eigenvalue weighted by atomic mass is 16.5. The fourth-order valence-corrected chi connectivity index (χ4v) is 1.56. The highest BCUT2D eigenvalue weighted by molar-refractivity contribution is 5.98. The summed E-state index contributed by atoms with van der Waals surface area (Å²) in [5.41, 5.74) is 1.25. The molecule has 0 fully saturated rings. The second kappa shape index (κ2) is 6.06. The van der Waals surface area contributed by atoms with Crippen LogP contribution in [0, 0.1) is 0 Å². The maximum atomic E-state index is 12.1. The van der Waals surface area contributed by atoms with Crippen molar-refractivity contribution in [3.8, 4) is 5.75 Å². The molecule has 0 spiro atoms. The Morgan fingerprint density at radius 3 is 2.42 bits per heavy atom. The Balaban J connectivity index is 2.99. The van der Waals surface area contributed by atoms with Crippen LogP contribution in [0.1, 0.15) is 39.2 Å². The molecule has 106 valence electrons. The Bertz CT molecular complexity index is 453. The number of anilines is 1. The van der Waals surface area contributed by atoms with E-state index in [0.29, 0.717) is 17.4 Å². The maximum Gasteiger partial charge on any atom is 0.244 e. The Morgan fingerprint density at radius 2 is 1.95 bits per heavy atom. The Labute approximate surface area is 115 Å². The second-order valence-electron chi connectivity index (χ2n) is 5.44. The van der Waals surface area contributed by atoms with Gasteiger partial charge in [0.25, 0.3) is 0 Å². The van der Waals surface area contributed by atoms with Crippen LogP contribution in [0.2, 0.25) is 0 Å². The highest BCUT2D eigenvalue weighted by Crippen LogP contribution is 2.29. The van der Waals surface area contributed by atoms with Crippen LogP contribution in [-0.2, 0) is 4.79 Å². The smallest absolute Gasteiger partial charge is 0.244 e. The topological polar surface area (TPSA) is 50.4 Å². The molecule has 2 N–H and O–H groups in total. The molecular weight excluding hydrogens is 240 g/mol. The molecule has 1 rings (SSSR count). The lowest BCUT2D eigenvalue weighted by atomic mass is 10.0. The summed E-state index contributed by atoms with van der Waals surface area (Å²) in [5.74, 6) is 1.02. The van der Waals surface area contributed by atoms with Crippen molar-refractivity contribution in [2.45, 2.75) is 39.2 Å². The van der Waals surface area contributed by atoms with Gasteiger partial charge in [0.05, 0.1) is 18.3 Å². The van der Waals surface area contributed by atoms with Crippen molar-refractivity contribution in [3.05, 3.63) is 23.8 Å². The molecule has 1 amide bonds. The lowest BCUT2D eigenvalue weighted by molar-refractivity contribution is -0.121. The van der Waals surface area contributed by atoms with Gasteiger partial charge in [-0.2, -0.15) is 0 Å². The minimum Gasteiger partial charge on any atom is -0.495 e. The Kier molecular flexibility index (Phi) is 4.95. The summed E-state index contributed by atoms with van der Waals surface area (Å²) < 4.78 is 5.35. The first-order chi connectivity index (χ1) is 8.81. The van der Waals surface area contributed by atoms with Crippen LogP contribution in [0.4, 0.5) is 5.69 Å². The van der Waals surface area contributed by atoms with Crippen LogP contribution in [0.15, 0.2) is 18.2 Å². The van der Waals surface area contributed by atoms with Crippen LogP contribution < -0.4 is 15.4 Å². The van der Waals surface area contributed by atoms with Crippen LogP contribution in [0.5, 0.6) is 5.75 Å². The van der Waals surface area contributed by atoms with Crippen molar-refractivity contribution < 1.29 is 9.53 Å². The largest absolute Gasteiger partial charge is 0.495 e. The second-order valence-corrected chi connectivity index (χ2v) is 5.44. The van der Waals surface area contributed by atoms with E-state index in [1.165, 1.54) is 5.56 Å². The number of ether oxygens (including phenoxy) is 1. The summed E-state index contributed by atoms with van der Waals surface area (Å²) >= 11 is 0. The van der Waals surface area contributed by atoms with Gasteiger partial charge < -0.3 is 15.4 Å². The van der Waals surface area contributed by atoms with Crippen LogP contribution in [-0.4, -0.2) is 25.6 Å². The number of methoxy groups -OCH3 is 1. The number of hydrogen-bond acceptors (Lipinski definition) is 3. The summed E-state index contributed by atoms with van der Waals surface area (Å²) in [5, 5.41) is 5.87. The number of amides is 1. The monoisotopic (exact) mass is 264 g/mol. The van der Waals surface area contributed by atoms with E-state index < -0.39 is 5.54 Å². The molecule has 0 aliphatic rings. The summed E-state index contributed by atoms with van der Waals surface area (Å²) in [6.07, 6.45) is 0. The van der Waals surface area contributed by atoms with Gasteiger partial charge in [0, 0.05) is 0 Å². The van der Waals surface area contributed by atoms with E-state index in [0.717, 1.165) is 0 Å². The zero-order chi connectivity index (χ0) is 14.6. The van der Waals surface area contributed by atoms with Crippen molar-refractivity contribution in [3.63, 3.8) is 0 Å². The normalized spacial score (nSPS) is 11.5. The molecular formula is C15H24N2O2. The minimum atomic E-state index is -0.623. The van der Waals surface area contributed by atoms with Crippen molar-refractivity contribution in [2.75, 3.05) is 19.5 Å². The minimum absolute atomic E-state index is 0.0920. The van der Waals surface area contributed by atoms with E-state index in [1.807, 2.05) is 32.0 Å². The third-order valence-corrected chi connectivity index (χ3v) is 3.33. The standard InChI is InChI=1S/C15H24N2O2/c1-10(2)11-7-8-12(13(9-11)19-6)17-14(18)15(3,4)16-5/h7-10,16H,1-6H3,(H,17,18). The van der Waals surface area contributed by atoms with Gasteiger partial charge >= 0.3 is 0 Å². The summed E-state index contributed by atoms with van der Waals surface area (Å²) in [6, 6.07) is 5.86. The van der Waals surface area contributed by atoms with E-state index in [-0.39, 0.29) is 5.91 Å². The first-order valence-electron chi connectivity index (χ1n) is 6.50. The zero-order valence-electron chi connectivity index (χ0n) is 12.6. The quantitative estimate of drug-likeness (QED) is 0.859. The van der Waals surface area contributed by atoms with Gasteiger partial charge in [0.15, 0.2) is 0 Å². The molecule has 0 radical (unpaired) electrons. The fraction of sp³-hybridized carbons (Fsp3) is 0.533. The molecule has 0 heterocycles. The molecule has 1 aromatic rings. The first kappa shape index (κ1) is 15.5. The van der Waals surface area contributed by atoms with E-state index in [4.69, 9.17) is 4.74 Å². The number of nitrogens with one attached hydrogen (secondary N) is 2. The summed E-state index contributed by atoms with van der Waals surface area (Å²) in [6.45, 7) is 7.91. The number of rotatable bonds is 5. The van der Waals surface area contributed by atoms with Gasteiger partial charge in [-0.05, 0) is 44.5 Å². The zero-order valence-corrected chi connectivity index (χ0v) is 12.6. The number of hydrogen-bond donors (Lipinski definition) is 2. The van der Waals surface area contributed by atoms with Gasteiger partial charge in [0.2, 0.25) is 5.91 Å². The fourth-order valence-electron chi connectivity index (χ4n) is 1.56. The molecule has 0 bridgehead atoms. The Hall–Kier alpha value is -1.55. The molecule has 1 aromatic carbocycles. The van der Waals surface area contributed by atoms with E-state index in [9.17, 15) is 4.79 Å². The summed E-state index contributed by atoms with van der Waals surface area (Å²) in [7, 11) is 3.37. The van der Waals surface area contributed by atoms with Gasteiger partial charge in [-0.1, -0.05) is 19.9 Å². The summed E-state index contributed by atoms with van der Waals surface area (Å²) in [4.78, 5) is 12.1. The van der Waals surface area contributed by atoms with Gasteiger partial charge in [-0.3, -0.25) is 4.79 Å². The van der Waals surface area contributed by atoms with E-state index in [1.54, 1.807) is 14.2 Å². The lowest BCUT2D eigenvalue weighted by Gasteiger charge is -2.23. The number of carbonyl (C=O) groups is 1. The van der Waals surface area contributed by atoms with Gasteiger partial charge in [0.1, 0.15) is 5.75 Å². The average Bonchev–Trinajstić information content (AvgIpc) is 2.38. The number of benzene rings is 1. The number of carbonyl (C=O) groups excluding carboxylic acids is 1. The van der Waals surface area contributed by atoms with E-state index >= 15 is 0 Å². The molecule has 0 saturated carbocycles. The lowest BCUT2D eigenvalue weighted by Crippen LogP contribution is -2.47. The van der Waals surface area contributed by atoms with Crippen molar-refractivity contribution in [1.82, 2.24) is 5.32 Å².